The lowest BCUT2D eigenvalue weighted by Crippen LogP contribution is -2.31. The van der Waals surface area contributed by atoms with Gasteiger partial charge in [0.15, 0.2) is 0 Å². The first-order valence-electron chi connectivity index (χ1n) is 8.04. The number of ether oxygens (including phenoxy) is 1. The van der Waals surface area contributed by atoms with Gasteiger partial charge in [0, 0.05) is 25.5 Å². The normalized spacial score (nSPS) is 19.8. The number of anilines is 1. The molecule has 0 aromatic carbocycles. The van der Waals surface area contributed by atoms with Crippen LogP contribution in [0.15, 0.2) is 12.4 Å². The molecule has 2 unspecified atom stereocenters. The molecule has 2 atom stereocenters. The Morgan fingerprint density at radius 2 is 2.15 bits per heavy atom. The fourth-order valence-corrected chi connectivity index (χ4v) is 3.36. The van der Waals surface area contributed by atoms with E-state index in [0.717, 1.165) is 18.3 Å². The van der Waals surface area contributed by atoms with Gasteiger partial charge >= 0.3 is 0 Å². The molecule has 0 aliphatic heterocycles. The molecule has 4 heteroatoms. The quantitative estimate of drug-likeness (QED) is 0.823. The maximum Gasteiger partial charge on any atom is 0.203 e. The van der Waals surface area contributed by atoms with Crippen molar-refractivity contribution in [3.05, 3.63) is 12.4 Å². The largest absolute Gasteiger partial charge is 0.383 e. The number of hydrogen-bond acceptors (Lipinski definition) is 3. The summed E-state index contributed by atoms with van der Waals surface area (Å²) in [5, 5.41) is 3.68. The fourth-order valence-electron chi connectivity index (χ4n) is 3.36. The van der Waals surface area contributed by atoms with Gasteiger partial charge in [0.25, 0.3) is 0 Å². The van der Waals surface area contributed by atoms with E-state index in [-0.39, 0.29) is 0 Å². The van der Waals surface area contributed by atoms with E-state index in [1.54, 1.807) is 7.11 Å². The predicted octanol–water partition coefficient (Wildman–Crippen LogP) is 3.86. The molecule has 114 valence electrons. The Labute approximate surface area is 122 Å². The van der Waals surface area contributed by atoms with Crippen molar-refractivity contribution in [2.24, 2.45) is 5.92 Å². The maximum atomic E-state index is 5.25. The van der Waals surface area contributed by atoms with Gasteiger partial charge in [0.1, 0.15) is 0 Å². The Morgan fingerprint density at radius 1 is 1.40 bits per heavy atom. The minimum Gasteiger partial charge on any atom is -0.383 e. The monoisotopic (exact) mass is 279 g/mol. The highest BCUT2D eigenvalue weighted by atomic mass is 16.5. The molecule has 20 heavy (non-hydrogen) atoms. The molecule has 1 N–H and O–H groups in total. The fraction of sp³-hybridized carbons (Fsp3) is 0.812. The van der Waals surface area contributed by atoms with Gasteiger partial charge in [0.2, 0.25) is 5.95 Å². The van der Waals surface area contributed by atoms with Crippen molar-refractivity contribution in [1.29, 1.82) is 0 Å². The second-order valence-corrected chi connectivity index (χ2v) is 6.02. The third-order valence-corrected chi connectivity index (χ3v) is 4.52. The molecule has 0 bridgehead atoms. The van der Waals surface area contributed by atoms with Crippen LogP contribution in [-0.2, 0) is 4.74 Å². The number of nitrogens with zero attached hydrogens (tertiary/aromatic N) is 2. The summed E-state index contributed by atoms with van der Waals surface area (Å²) in [5.41, 5.74) is 0. The van der Waals surface area contributed by atoms with E-state index in [1.165, 1.54) is 32.1 Å². The van der Waals surface area contributed by atoms with E-state index in [9.17, 15) is 0 Å². The van der Waals surface area contributed by atoms with Crippen LogP contribution in [0.2, 0.25) is 0 Å². The number of imidazole rings is 1. The summed E-state index contributed by atoms with van der Waals surface area (Å²) < 4.78 is 7.44. The average Bonchev–Trinajstić information content (AvgIpc) is 2.94. The summed E-state index contributed by atoms with van der Waals surface area (Å²) in [6.07, 6.45) is 12.0. The molecule has 0 spiro atoms. The van der Waals surface area contributed by atoms with Gasteiger partial charge < -0.3 is 14.6 Å². The molecule has 4 nitrogen and oxygen atoms in total. The topological polar surface area (TPSA) is 39.1 Å². The van der Waals surface area contributed by atoms with Crippen LogP contribution < -0.4 is 5.32 Å². The van der Waals surface area contributed by atoms with Crippen molar-refractivity contribution in [2.75, 3.05) is 19.0 Å². The lowest BCUT2D eigenvalue weighted by atomic mass is 9.83. The minimum atomic E-state index is 0.314. The van der Waals surface area contributed by atoms with Gasteiger partial charge in [-0.15, -0.1) is 0 Å². The van der Waals surface area contributed by atoms with Crippen LogP contribution in [0.4, 0.5) is 5.95 Å². The SMILES string of the molecule is CCC(Nc1nccn1C(C)COC)C1CCCCC1. The minimum absolute atomic E-state index is 0.314. The molecular weight excluding hydrogens is 250 g/mol. The van der Waals surface area contributed by atoms with Gasteiger partial charge in [-0.3, -0.25) is 0 Å². The molecule has 1 fully saturated rings. The van der Waals surface area contributed by atoms with Gasteiger partial charge in [0.05, 0.1) is 12.6 Å². The molecule has 1 aliphatic rings. The number of methoxy groups -OCH3 is 1. The summed E-state index contributed by atoms with van der Waals surface area (Å²) in [6, 6.07) is 0.861. The Hall–Kier alpha value is -1.03. The van der Waals surface area contributed by atoms with E-state index in [4.69, 9.17) is 4.74 Å². The summed E-state index contributed by atoms with van der Waals surface area (Å²) in [7, 11) is 1.75. The number of aromatic nitrogens is 2. The van der Waals surface area contributed by atoms with Gasteiger partial charge in [-0.1, -0.05) is 26.2 Å². The Balaban J connectivity index is 2.01. The lowest BCUT2D eigenvalue weighted by Gasteiger charge is -2.31. The van der Waals surface area contributed by atoms with Crippen molar-refractivity contribution < 1.29 is 4.74 Å². The van der Waals surface area contributed by atoms with Crippen LogP contribution in [-0.4, -0.2) is 29.3 Å². The molecule has 0 radical (unpaired) electrons. The lowest BCUT2D eigenvalue weighted by molar-refractivity contribution is 0.162. The van der Waals surface area contributed by atoms with Crippen LogP contribution in [0, 0.1) is 5.92 Å². The van der Waals surface area contributed by atoms with Crippen LogP contribution >= 0.6 is 0 Å². The molecule has 1 saturated carbocycles. The third kappa shape index (κ3) is 3.75. The zero-order valence-corrected chi connectivity index (χ0v) is 13.1. The maximum absolute atomic E-state index is 5.25. The van der Waals surface area contributed by atoms with E-state index < -0.39 is 0 Å². The molecule has 1 aromatic rings. The van der Waals surface area contributed by atoms with Gasteiger partial charge in [-0.25, -0.2) is 4.98 Å². The van der Waals surface area contributed by atoms with Crippen LogP contribution in [0.25, 0.3) is 0 Å². The van der Waals surface area contributed by atoms with Crippen molar-refractivity contribution in [3.8, 4) is 0 Å². The summed E-state index contributed by atoms with van der Waals surface area (Å²) in [6.45, 7) is 5.15. The molecule has 1 aliphatic carbocycles. The third-order valence-electron chi connectivity index (χ3n) is 4.52. The van der Waals surface area contributed by atoms with Crippen LogP contribution in [0.3, 0.4) is 0 Å². The van der Waals surface area contributed by atoms with Crippen molar-refractivity contribution in [2.45, 2.75) is 64.5 Å². The summed E-state index contributed by atoms with van der Waals surface area (Å²) in [4.78, 5) is 4.50. The highest BCUT2D eigenvalue weighted by molar-refractivity contribution is 5.28. The zero-order valence-electron chi connectivity index (χ0n) is 13.1. The van der Waals surface area contributed by atoms with Crippen molar-refractivity contribution in [1.82, 2.24) is 9.55 Å². The highest BCUT2D eigenvalue weighted by Crippen LogP contribution is 2.29. The molecule has 2 rings (SSSR count). The van der Waals surface area contributed by atoms with Gasteiger partial charge in [-0.2, -0.15) is 0 Å². The van der Waals surface area contributed by atoms with Crippen molar-refractivity contribution in [3.63, 3.8) is 0 Å². The highest BCUT2D eigenvalue weighted by Gasteiger charge is 2.23. The number of rotatable bonds is 7. The number of nitrogens with one attached hydrogen (secondary N) is 1. The van der Waals surface area contributed by atoms with E-state index in [1.807, 2.05) is 12.4 Å². The molecule has 1 heterocycles. The smallest absolute Gasteiger partial charge is 0.203 e. The first-order chi connectivity index (χ1) is 9.76. The molecule has 1 aromatic heterocycles. The van der Waals surface area contributed by atoms with Crippen molar-refractivity contribution >= 4 is 5.95 Å². The Bertz CT molecular complexity index is 385. The molecular formula is C16H29N3O. The van der Waals surface area contributed by atoms with E-state index >= 15 is 0 Å². The summed E-state index contributed by atoms with van der Waals surface area (Å²) in [5.74, 6) is 1.80. The Kier molecular flexibility index (Phi) is 5.89. The standard InChI is InChI=1S/C16H29N3O/c1-4-15(14-8-6-5-7-9-14)18-16-17-10-11-19(16)13(2)12-20-3/h10-11,13-15H,4-9,12H2,1-3H3,(H,17,18). The predicted molar refractivity (Wildman–Crippen MR) is 83.1 cm³/mol. The van der Waals surface area contributed by atoms with Gasteiger partial charge in [-0.05, 0) is 32.1 Å². The molecule has 0 amide bonds. The zero-order chi connectivity index (χ0) is 14.4. The second kappa shape index (κ2) is 7.67. The average molecular weight is 279 g/mol. The number of hydrogen-bond donors (Lipinski definition) is 1. The second-order valence-electron chi connectivity index (χ2n) is 6.02. The van der Waals surface area contributed by atoms with E-state index in [2.05, 4.69) is 28.7 Å². The van der Waals surface area contributed by atoms with E-state index in [0.29, 0.717) is 18.7 Å². The first-order valence-corrected chi connectivity index (χ1v) is 8.04. The summed E-state index contributed by atoms with van der Waals surface area (Å²) >= 11 is 0. The molecule has 0 saturated heterocycles. The van der Waals surface area contributed by atoms with Crippen LogP contribution in [0.1, 0.15) is 58.4 Å². The first kappa shape index (κ1) is 15.4. The van der Waals surface area contributed by atoms with Crippen LogP contribution in [0.5, 0.6) is 0 Å². The Morgan fingerprint density at radius 3 is 2.80 bits per heavy atom.